The molecule has 2 aromatic carbocycles. The summed E-state index contributed by atoms with van der Waals surface area (Å²) in [5, 5.41) is 5.46. The van der Waals surface area contributed by atoms with Gasteiger partial charge < -0.3 is 15.4 Å². The van der Waals surface area contributed by atoms with E-state index in [2.05, 4.69) is 26.6 Å². The highest BCUT2D eigenvalue weighted by Crippen LogP contribution is 2.27. The quantitative estimate of drug-likeness (QED) is 0.796. The molecule has 0 bridgehead atoms. The molecule has 0 saturated heterocycles. The molecular weight excluding hydrogens is 372 g/mol. The Labute approximate surface area is 149 Å². The van der Waals surface area contributed by atoms with Crippen molar-refractivity contribution >= 4 is 27.7 Å². The second-order valence-corrected chi connectivity index (χ2v) is 6.09. The number of amides is 2. The average Bonchev–Trinajstić information content (AvgIpc) is 2.60. The van der Waals surface area contributed by atoms with Gasteiger partial charge in [0.15, 0.2) is 0 Å². The van der Waals surface area contributed by atoms with Crippen LogP contribution in [0.1, 0.15) is 28.9 Å². The van der Waals surface area contributed by atoms with E-state index in [1.165, 1.54) is 0 Å². The van der Waals surface area contributed by atoms with Gasteiger partial charge in [-0.3, -0.25) is 9.59 Å². The summed E-state index contributed by atoms with van der Waals surface area (Å²) in [4.78, 5) is 23.9. The van der Waals surface area contributed by atoms with Crippen LogP contribution in [-0.2, 0) is 4.79 Å². The Kier molecular flexibility index (Phi) is 6.37. The van der Waals surface area contributed by atoms with Gasteiger partial charge in [0.1, 0.15) is 5.75 Å². The molecule has 0 radical (unpaired) electrons. The monoisotopic (exact) mass is 390 g/mol. The van der Waals surface area contributed by atoms with Crippen molar-refractivity contribution < 1.29 is 14.3 Å². The van der Waals surface area contributed by atoms with Gasteiger partial charge in [0.25, 0.3) is 5.91 Å². The fraction of sp³-hybridized carbons (Fsp3) is 0.222. The van der Waals surface area contributed by atoms with Crippen molar-refractivity contribution in [3.8, 4) is 5.75 Å². The summed E-state index contributed by atoms with van der Waals surface area (Å²) in [6.07, 6.45) is 0. The molecule has 126 valence electrons. The molecule has 0 aromatic heterocycles. The zero-order valence-corrected chi connectivity index (χ0v) is 15.1. The van der Waals surface area contributed by atoms with Crippen molar-refractivity contribution in [2.75, 3.05) is 13.7 Å². The molecule has 0 aliphatic rings. The number of nitrogens with one attached hydrogen (secondary N) is 2. The lowest BCUT2D eigenvalue weighted by atomic mass is 10.1. The van der Waals surface area contributed by atoms with E-state index in [-0.39, 0.29) is 24.4 Å². The maximum Gasteiger partial charge on any atom is 0.251 e. The maximum absolute atomic E-state index is 12.0. The predicted molar refractivity (Wildman–Crippen MR) is 96.0 cm³/mol. The topological polar surface area (TPSA) is 67.4 Å². The Balaban J connectivity index is 1.87. The number of rotatable bonds is 6. The predicted octanol–water partition coefficient (Wildman–Crippen LogP) is 3.06. The summed E-state index contributed by atoms with van der Waals surface area (Å²) in [6.45, 7) is 1.81. The number of hydrogen-bond donors (Lipinski definition) is 2. The molecule has 0 aliphatic heterocycles. The minimum atomic E-state index is -0.273. The molecule has 0 saturated carbocycles. The molecule has 24 heavy (non-hydrogen) atoms. The van der Waals surface area contributed by atoms with Crippen LogP contribution >= 0.6 is 15.9 Å². The van der Waals surface area contributed by atoms with Crippen molar-refractivity contribution in [1.29, 1.82) is 0 Å². The standard InChI is InChI=1S/C18H19BrN2O3/c1-12(14-8-9-16(24-2)15(19)10-14)21-17(22)11-20-18(23)13-6-4-3-5-7-13/h3-10,12H,11H2,1-2H3,(H,20,23)(H,21,22)/t12-/m0/s1. The molecule has 2 amide bonds. The molecule has 0 aliphatic carbocycles. The number of halogens is 1. The highest BCUT2D eigenvalue weighted by atomic mass is 79.9. The van der Waals surface area contributed by atoms with Gasteiger partial charge in [-0.2, -0.15) is 0 Å². The van der Waals surface area contributed by atoms with E-state index in [4.69, 9.17) is 4.74 Å². The van der Waals surface area contributed by atoms with Gasteiger partial charge in [-0.05, 0) is 52.7 Å². The molecule has 0 unspecified atom stereocenters. The van der Waals surface area contributed by atoms with Crippen molar-refractivity contribution in [3.63, 3.8) is 0 Å². The van der Waals surface area contributed by atoms with Crippen LogP contribution in [0.3, 0.4) is 0 Å². The first-order valence-electron chi connectivity index (χ1n) is 7.47. The summed E-state index contributed by atoms with van der Waals surface area (Å²) >= 11 is 3.42. The minimum Gasteiger partial charge on any atom is -0.496 e. The van der Waals surface area contributed by atoms with E-state index < -0.39 is 0 Å². The maximum atomic E-state index is 12.0. The Bertz CT molecular complexity index is 719. The number of hydrogen-bond acceptors (Lipinski definition) is 3. The largest absolute Gasteiger partial charge is 0.496 e. The smallest absolute Gasteiger partial charge is 0.251 e. The first-order valence-corrected chi connectivity index (χ1v) is 8.26. The van der Waals surface area contributed by atoms with Gasteiger partial charge >= 0.3 is 0 Å². The van der Waals surface area contributed by atoms with Crippen LogP contribution in [0.2, 0.25) is 0 Å². The van der Waals surface area contributed by atoms with E-state index in [0.717, 1.165) is 15.8 Å². The lowest BCUT2D eigenvalue weighted by molar-refractivity contribution is -0.120. The zero-order chi connectivity index (χ0) is 17.5. The normalized spacial score (nSPS) is 11.5. The Morgan fingerprint density at radius 1 is 1.17 bits per heavy atom. The Hall–Kier alpha value is -2.34. The van der Waals surface area contributed by atoms with Crippen LogP contribution < -0.4 is 15.4 Å². The van der Waals surface area contributed by atoms with E-state index in [1.807, 2.05) is 31.2 Å². The molecule has 1 atom stereocenters. The molecule has 6 heteroatoms. The van der Waals surface area contributed by atoms with Crippen LogP contribution in [0.15, 0.2) is 53.0 Å². The van der Waals surface area contributed by atoms with E-state index in [0.29, 0.717) is 5.56 Å². The molecule has 0 heterocycles. The number of carbonyl (C=O) groups excluding carboxylic acids is 2. The second kappa shape index (κ2) is 8.49. The van der Waals surface area contributed by atoms with Crippen molar-refractivity contribution in [3.05, 3.63) is 64.1 Å². The van der Waals surface area contributed by atoms with Crippen LogP contribution in [0.25, 0.3) is 0 Å². The summed E-state index contributed by atoms with van der Waals surface area (Å²) in [5.74, 6) is 0.205. The lowest BCUT2D eigenvalue weighted by Crippen LogP contribution is -2.38. The molecule has 2 aromatic rings. The first-order chi connectivity index (χ1) is 11.5. The van der Waals surface area contributed by atoms with Gasteiger partial charge in [0, 0.05) is 5.56 Å². The number of benzene rings is 2. The lowest BCUT2D eigenvalue weighted by Gasteiger charge is -2.16. The fourth-order valence-corrected chi connectivity index (χ4v) is 2.74. The second-order valence-electron chi connectivity index (χ2n) is 5.23. The van der Waals surface area contributed by atoms with Crippen molar-refractivity contribution in [2.24, 2.45) is 0 Å². The van der Waals surface area contributed by atoms with Crippen LogP contribution in [0.4, 0.5) is 0 Å². The van der Waals surface area contributed by atoms with Crippen molar-refractivity contribution in [2.45, 2.75) is 13.0 Å². The first kappa shape index (κ1) is 18.0. The summed E-state index contributed by atoms with van der Waals surface area (Å²) < 4.78 is 6.01. The van der Waals surface area contributed by atoms with Gasteiger partial charge in [0.05, 0.1) is 24.2 Å². The zero-order valence-electron chi connectivity index (χ0n) is 13.5. The Morgan fingerprint density at radius 3 is 2.50 bits per heavy atom. The van der Waals surface area contributed by atoms with Gasteiger partial charge in [0.2, 0.25) is 5.91 Å². The van der Waals surface area contributed by atoms with Gasteiger partial charge in [-0.1, -0.05) is 24.3 Å². The van der Waals surface area contributed by atoms with Gasteiger partial charge in [-0.15, -0.1) is 0 Å². The van der Waals surface area contributed by atoms with Crippen LogP contribution in [-0.4, -0.2) is 25.5 Å². The molecular formula is C18H19BrN2O3. The molecule has 2 N–H and O–H groups in total. The molecule has 5 nitrogen and oxygen atoms in total. The van der Waals surface area contributed by atoms with E-state index in [9.17, 15) is 9.59 Å². The van der Waals surface area contributed by atoms with E-state index >= 15 is 0 Å². The third-order valence-electron chi connectivity index (χ3n) is 3.50. The van der Waals surface area contributed by atoms with Crippen LogP contribution in [0.5, 0.6) is 5.75 Å². The third kappa shape index (κ3) is 4.83. The number of methoxy groups -OCH3 is 1. The minimum absolute atomic E-state index is 0.0740. The van der Waals surface area contributed by atoms with Crippen molar-refractivity contribution in [1.82, 2.24) is 10.6 Å². The van der Waals surface area contributed by atoms with Crippen LogP contribution in [0, 0.1) is 0 Å². The molecule has 0 spiro atoms. The summed E-state index contributed by atoms with van der Waals surface area (Å²) in [6, 6.07) is 14.2. The highest BCUT2D eigenvalue weighted by Gasteiger charge is 2.13. The average molecular weight is 391 g/mol. The fourth-order valence-electron chi connectivity index (χ4n) is 2.18. The molecule has 2 rings (SSSR count). The number of ether oxygens (including phenoxy) is 1. The molecule has 0 fully saturated rings. The summed E-state index contributed by atoms with van der Waals surface area (Å²) in [5.41, 5.74) is 1.46. The summed E-state index contributed by atoms with van der Waals surface area (Å²) in [7, 11) is 1.60. The highest BCUT2D eigenvalue weighted by molar-refractivity contribution is 9.10. The van der Waals surface area contributed by atoms with Gasteiger partial charge in [-0.25, -0.2) is 0 Å². The number of carbonyl (C=O) groups is 2. The van der Waals surface area contributed by atoms with E-state index in [1.54, 1.807) is 31.4 Å². The third-order valence-corrected chi connectivity index (χ3v) is 4.12. The Morgan fingerprint density at radius 2 is 1.88 bits per heavy atom. The SMILES string of the molecule is COc1ccc([C@H](C)NC(=O)CNC(=O)c2ccccc2)cc1Br.